The van der Waals surface area contributed by atoms with Crippen LogP contribution < -0.4 is 15.0 Å². The molecule has 19 heavy (non-hydrogen) atoms. The van der Waals surface area contributed by atoms with Gasteiger partial charge in [0.25, 0.3) is 0 Å². The van der Waals surface area contributed by atoms with Gasteiger partial charge in [-0.15, -0.1) is 0 Å². The zero-order chi connectivity index (χ0) is 13.9. The van der Waals surface area contributed by atoms with E-state index in [1.165, 1.54) is 0 Å². The van der Waals surface area contributed by atoms with E-state index >= 15 is 0 Å². The lowest BCUT2D eigenvalue weighted by Crippen LogP contribution is -2.62. The molecule has 0 saturated carbocycles. The number of nitriles is 1. The molecule has 1 aliphatic heterocycles. The topological polar surface area (TPSA) is 48.3 Å². The fourth-order valence-electron chi connectivity index (χ4n) is 2.68. The molecular formula is C15H21N3O. The highest BCUT2D eigenvalue weighted by molar-refractivity contribution is 5.51. The van der Waals surface area contributed by atoms with Gasteiger partial charge in [0, 0.05) is 36.4 Å². The van der Waals surface area contributed by atoms with Crippen LogP contribution in [-0.4, -0.2) is 31.8 Å². The van der Waals surface area contributed by atoms with Gasteiger partial charge in [-0.1, -0.05) is 6.07 Å². The fourth-order valence-corrected chi connectivity index (χ4v) is 2.68. The summed E-state index contributed by atoms with van der Waals surface area (Å²) in [6.07, 6.45) is 0.532. The van der Waals surface area contributed by atoms with E-state index in [0.717, 1.165) is 24.5 Å². The van der Waals surface area contributed by atoms with Gasteiger partial charge in [0.1, 0.15) is 5.75 Å². The van der Waals surface area contributed by atoms with E-state index in [1.807, 2.05) is 18.2 Å². The molecule has 4 heteroatoms. The number of anilines is 1. The Morgan fingerprint density at radius 1 is 1.53 bits per heavy atom. The Kier molecular flexibility index (Phi) is 3.96. The predicted octanol–water partition coefficient (Wildman–Crippen LogP) is 2.17. The number of hydrogen-bond acceptors (Lipinski definition) is 4. The maximum Gasteiger partial charge on any atom is 0.120 e. The Morgan fingerprint density at radius 3 is 3.00 bits per heavy atom. The molecule has 1 atom stereocenters. The van der Waals surface area contributed by atoms with Gasteiger partial charge >= 0.3 is 0 Å². The van der Waals surface area contributed by atoms with Gasteiger partial charge in [0.05, 0.1) is 19.6 Å². The van der Waals surface area contributed by atoms with Gasteiger partial charge in [0.15, 0.2) is 0 Å². The summed E-state index contributed by atoms with van der Waals surface area (Å²) in [4.78, 5) is 2.32. The molecular weight excluding hydrogens is 238 g/mol. The normalized spacial score (nSPS) is 21.8. The van der Waals surface area contributed by atoms with Crippen molar-refractivity contribution < 1.29 is 4.74 Å². The zero-order valence-electron chi connectivity index (χ0n) is 11.8. The minimum absolute atomic E-state index is 0.00282. The Labute approximate surface area is 115 Å². The lowest BCUT2D eigenvalue weighted by atomic mass is 9.97. The SMILES string of the molecule is COc1cccc(N2CC(CC#N)NC(C)(C)C2)c1. The van der Waals surface area contributed by atoms with Crippen molar-refractivity contribution in [3.05, 3.63) is 24.3 Å². The van der Waals surface area contributed by atoms with E-state index in [2.05, 4.69) is 36.2 Å². The van der Waals surface area contributed by atoms with Crippen LogP contribution in [0.25, 0.3) is 0 Å². The van der Waals surface area contributed by atoms with Crippen molar-refractivity contribution >= 4 is 5.69 Å². The Bertz CT molecular complexity index is 479. The van der Waals surface area contributed by atoms with Crippen LogP contribution in [0.3, 0.4) is 0 Å². The van der Waals surface area contributed by atoms with Crippen molar-refractivity contribution in [2.75, 3.05) is 25.1 Å². The molecule has 0 amide bonds. The van der Waals surface area contributed by atoms with E-state index in [1.54, 1.807) is 7.11 Å². The maximum atomic E-state index is 8.90. The first-order valence-corrected chi connectivity index (χ1v) is 6.58. The zero-order valence-corrected chi connectivity index (χ0v) is 11.8. The molecule has 0 spiro atoms. The summed E-state index contributed by atoms with van der Waals surface area (Å²) in [6, 6.07) is 10.6. The van der Waals surface area contributed by atoms with Gasteiger partial charge in [-0.3, -0.25) is 0 Å². The van der Waals surface area contributed by atoms with Crippen molar-refractivity contribution in [2.45, 2.75) is 31.8 Å². The minimum atomic E-state index is 0.00282. The summed E-state index contributed by atoms with van der Waals surface area (Å²) in [5, 5.41) is 12.4. The summed E-state index contributed by atoms with van der Waals surface area (Å²) < 4.78 is 5.28. The molecule has 0 aliphatic carbocycles. The maximum absolute atomic E-state index is 8.90. The monoisotopic (exact) mass is 259 g/mol. The van der Waals surface area contributed by atoms with Crippen LogP contribution in [0.15, 0.2) is 24.3 Å². The van der Waals surface area contributed by atoms with Crippen molar-refractivity contribution in [3.63, 3.8) is 0 Å². The van der Waals surface area contributed by atoms with E-state index in [4.69, 9.17) is 10.00 Å². The molecule has 1 aliphatic rings. The third-order valence-electron chi connectivity index (χ3n) is 3.38. The van der Waals surface area contributed by atoms with Crippen LogP contribution in [0.4, 0.5) is 5.69 Å². The number of benzene rings is 1. The van der Waals surface area contributed by atoms with Crippen molar-refractivity contribution in [1.82, 2.24) is 5.32 Å². The number of hydrogen-bond donors (Lipinski definition) is 1. The molecule has 1 fully saturated rings. The van der Waals surface area contributed by atoms with Crippen LogP contribution in [-0.2, 0) is 0 Å². The molecule has 0 bridgehead atoms. The molecule has 1 saturated heterocycles. The summed E-state index contributed by atoms with van der Waals surface area (Å²) in [6.45, 7) is 6.11. The number of nitrogens with one attached hydrogen (secondary N) is 1. The Hall–Kier alpha value is -1.73. The molecule has 1 aromatic rings. The summed E-state index contributed by atoms with van der Waals surface area (Å²) >= 11 is 0. The standard InChI is InChI=1S/C15H21N3O/c1-15(2)11-18(10-12(17-15)7-8-16)13-5-4-6-14(9-13)19-3/h4-6,9,12,17H,7,10-11H2,1-3H3. The van der Waals surface area contributed by atoms with Crippen LogP contribution in [0, 0.1) is 11.3 Å². The minimum Gasteiger partial charge on any atom is -0.497 e. The highest BCUT2D eigenvalue weighted by Crippen LogP contribution is 2.25. The van der Waals surface area contributed by atoms with Gasteiger partial charge in [0.2, 0.25) is 0 Å². The molecule has 1 aromatic carbocycles. The van der Waals surface area contributed by atoms with Gasteiger partial charge in [-0.05, 0) is 26.0 Å². The highest BCUT2D eigenvalue weighted by atomic mass is 16.5. The average molecular weight is 259 g/mol. The van der Waals surface area contributed by atoms with Crippen molar-refractivity contribution in [2.24, 2.45) is 0 Å². The smallest absolute Gasteiger partial charge is 0.120 e. The van der Waals surface area contributed by atoms with Crippen LogP contribution in [0.2, 0.25) is 0 Å². The Balaban J connectivity index is 2.20. The van der Waals surface area contributed by atoms with E-state index in [-0.39, 0.29) is 11.6 Å². The average Bonchev–Trinajstić information content (AvgIpc) is 2.37. The molecule has 1 unspecified atom stereocenters. The first-order chi connectivity index (χ1) is 9.04. The van der Waals surface area contributed by atoms with Crippen LogP contribution in [0.1, 0.15) is 20.3 Å². The molecule has 4 nitrogen and oxygen atoms in total. The first kappa shape index (κ1) is 13.7. The number of nitrogens with zero attached hydrogens (tertiary/aromatic N) is 2. The molecule has 0 aromatic heterocycles. The molecule has 0 radical (unpaired) electrons. The third-order valence-corrected chi connectivity index (χ3v) is 3.38. The second-order valence-corrected chi connectivity index (χ2v) is 5.67. The lowest BCUT2D eigenvalue weighted by Gasteiger charge is -2.44. The number of rotatable bonds is 3. The van der Waals surface area contributed by atoms with Crippen molar-refractivity contribution in [1.29, 1.82) is 5.26 Å². The molecule has 1 N–H and O–H groups in total. The van der Waals surface area contributed by atoms with Crippen molar-refractivity contribution in [3.8, 4) is 11.8 Å². The van der Waals surface area contributed by atoms with Crippen LogP contribution in [0.5, 0.6) is 5.75 Å². The summed E-state index contributed by atoms with van der Waals surface area (Å²) in [5.41, 5.74) is 1.15. The fraction of sp³-hybridized carbons (Fsp3) is 0.533. The van der Waals surface area contributed by atoms with E-state index < -0.39 is 0 Å². The second-order valence-electron chi connectivity index (χ2n) is 5.67. The number of piperazine rings is 1. The quantitative estimate of drug-likeness (QED) is 0.903. The summed E-state index contributed by atoms with van der Waals surface area (Å²) in [5.74, 6) is 0.866. The number of ether oxygens (including phenoxy) is 1. The second kappa shape index (κ2) is 5.50. The molecule has 1 heterocycles. The first-order valence-electron chi connectivity index (χ1n) is 6.58. The predicted molar refractivity (Wildman–Crippen MR) is 76.4 cm³/mol. The van der Waals surface area contributed by atoms with Gasteiger partial charge < -0.3 is 15.0 Å². The largest absolute Gasteiger partial charge is 0.497 e. The van der Waals surface area contributed by atoms with E-state index in [0.29, 0.717) is 6.42 Å². The molecule has 2 rings (SSSR count). The van der Waals surface area contributed by atoms with Gasteiger partial charge in [-0.25, -0.2) is 0 Å². The number of methoxy groups -OCH3 is 1. The summed E-state index contributed by atoms with van der Waals surface area (Å²) in [7, 11) is 1.68. The molecule has 102 valence electrons. The Morgan fingerprint density at radius 2 is 2.32 bits per heavy atom. The van der Waals surface area contributed by atoms with E-state index in [9.17, 15) is 0 Å². The third kappa shape index (κ3) is 3.39. The van der Waals surface area contributed by atoms with Gasteiger partial charge in [-0.2, -0.15) is 5.26 Å². The highest BCUT2D eigenvalue weighted by Gasteiger charge is 2.31. The van der Waals surface area contributed by atoms with Crippen LogP contribution >= 0.6 is 0 Å². The lowest BCUT2D eigenvalue weighted by molar-refractivity contribution is 0.291.